The van der Waals surface area contributed by atoms with Crippen LogP contribution in [-0.2, 0) is 6.42 Å². The van der Waals surface area contributed by atoms with Gasteiger partial charge in [-0.05, 0) is 62.9 Å². The lowest BCUT2D eigenvalue weighted by Crippen LogP contribution is -2.35. The van der Waals surface area contributed by atoms with Crippen molar-refractivity contribution in [3.05, 3.63) is 57.3 Å². The van der Waals surface area contributed by atoms with Crippen molar-refractivity contribution in [3.63, 3.8) is 0 Å². The fourth-order valence-corrected chi connectivity index (χ4v) is 3.09. The number of nitrogens with zero attached hydrogens (tertiary/aromatic N) is 1. The SMILES string of the molecule is Cc1ccc(C(=O)CN(C)C(C)Cc2cccs2)cc1C. The Hall–Kier alpha value is -1.45. The first-order valence-corrected chi connectivity index (χ1v) is 8.18. The maximum atomic E-state index is 12.4. The average molecular weight is 301 g/mol. The van der Waals surface area contributed by atoms with Gasteiger partial charge in [-0.1, -0.05) is 18.2 Å². The van der Waals surface area contributed by atoms with Gasteiger partial charge in [-0.3, -0.25) is 9.69 Å². The fourth-order valence-electron chi connectivity index (χ4n) is 2.26. The highest BCUT2D eigenvalue weighted by Gasteiger charge is 2.15. The van der Waals surface area contributed by atoms with E-state index in [1.807, 2.05) is 25.2 Å². The Kier molecular flexibility index (Phi) is 5.32. The highest BCUT2D eigenvalue weighted by molar-refractivity contribution is 7.09. The highest BCUT2D eigenvalue weighted by atomic mass is 32.1. The number of carbonyl (C=O) groups is 1. The molecule has 0 saturated carbocycles. The molecule has 0 fully saturated rings. The molecular weight excluding hydrogens is 278 g/mol. The summed E-state index contributed by atoms with van der Waals surface area (Å²) < 4.78 is 0. The monoisotopic (exact) mass is 301 g/mol. The summed E-state index contributed by atoms with van der Waals surface area (Å²) in [6, 6.07) is 10.5. The summed E-state index contributed by atoms with van der Waals surface area (Å²) in [5.74, 6) is 0.193. The number of hydrogen-bond donors (Lipinski definition) is 0. The number of Topliss-reactive ketones (excluding diaryl/α,β-unsaturated/α-hetero) is 1. The molecule has 1 heterocycles. The molecule has 0 aliphatic rings. The lowest BCUT2D eigenvalue weighted by atomic mass is 10.0. The first-order chi connectivity index (χ1) is 9.97. The highest BCUT2D eigenvalue weighted by Crippen LogP contribution is 2.15. The van der Waals surface area contributed by atoms with E-state index in [4.69, 9.17) is 0 Å². The molecule has 2 rings (SSSR count). The Morgan fingerprint density at radius 3 is 2.62 bits per heavy atom. The zero-order valence-corrected chi connectivity index (χ0v) is 14.0. The van der Waals surface area contributed by atoms with Crippen LogP contribution in [0.15, 0.2) is 35.7 Å². The van der Waals surface area contributed by atoms with Crippen LogP contribution < -0.4 is 0 Å². The van der Waals surface area contributed by atoms with Crippen LogP contribution in [0, 0.1) is 13.8 Å². The van der Waals surface area contributed by atoms with Crippen molar-refractivity contribution < 1.29 is 4.79 Å². The third-order valence-corrected chi connectivity index (χ3v) is 4.95. The molecule has 0 amide bonds. The van der Waals surface area contributed by atoms with Crippen molar-refractivity contribution in [2.45, 2.75) is 33.2 Å². The minimum Gasteiger partial charge on any atom is -0.296 e. The van der Waals surface area contributed by atoms with E-state index in [1.54, 1.807) is 11.3 Å². The van der Waals surface area contributed by atoms with Gasteiger partial charge in [-0.2, -0.15) is 0 Å². The average Bonchev–Trinajstić information content (AvgIpc) is 2.94. The van der Waals surface area contributed by atoms with Gasteiger partial charge >= 0.3 is 0 Å². The van der Waals surface area contributed by atoms with E-state index in [2.05, 4.69) is 43.2 Å². The number of likely N-dealkylation sites (N-methyl/N-ethyl adjacent to an activating group) is 1. The van der Waals surface area contributed by atoms with Gasteiger partial charge in [0, 0.05) is 16.5 Å². The van der Waals surface area contributed by atoms with Crippen LogP contribution in [0.25, 0.3) is 0 Å². The molecule has 2 aromatic rings. The summed E-state index contributed by atoms with van der Waals surface area (Å²) in [6.07, 6.45) is 0.994. The predicted octanol–water partition coefficient (Wildman–Crippen LogP) is 4.11. The maximum absolute atomic E-state index is 12.4. The molecular formula is C18H23NOS. The van der Waals surface area contributed by atoms with E-state index in [0.29, 0.717) is 12.6 Å². The summed E-state index contributed by atoms with van der Waals surface area (Å²) in [5, 5.41) is 2.10. The van der Waals surface area contributed by atoms with Crippen LogP contribution in [0.4, 0.5) is 0 Å². The van der Waals surface area contributed by atoms with Crippen LogP contribution in [0.5, 0.6) is 0 Å². The molecule has 0 saturated heterocycles. The second kappa shape index (κ2) is 7.01. The molecule has 0 spiro atoms. The molecule has 0 aliphatic heterocycles. The Balaban J connectivity index is 1.96. The lowest BCUT2D eigenvalue weighted by molar-refractivity contribution is 0.0924. The zero-order valence-electron chi connectivity index (χ0n) is 13.2. The first-order valence-electron chi connectivity index (χ1n) is 7.30. The molecule has 1 aromatic heterocycles. The number of aryl methyl sites for hydroxylation is 2. The standard InChI is InChI=1S/C18H23NOS/c1-13-7-8-16(10-14(13)2)18(20)12-19(4)15(3)11-17-6-5-9-21-17/h5-10,15H,11-12H2,1-4H3. The molecule has 3 heteroatoms. The summed E-state index contributed by atoms with van der Waals surface area (Å²) in [4.78, 5) is 15.9. The van der Waals surface area contributed by atoms with Gasteiger partial charge in [0.1, 0.15) is 0 Å². The smallest absolute Gasteiger partial charge is 0.176 e. The topological polar surface area (TPSA) is 20.3 Å². The van der Waals surface area contributed by atoms with Crippen LogP contribution in [-0.4, -0.2) is 30.3 Å². The molecule has 0 N–H and O–H groups in total. The van der Waals surface area contributed by atoms with Crippen LogP contribution in [0.3, 0.4) is 0 Å². The third-order valence-electron chi connectivity index (χ3n) is 4.05. The molecule has 21 heavy (non-hydrogen) atoms. The normalized spacial score (nSPS) is 12.6. The van der Waals surface area contributed by atoms with E-state index in [9.17, 15) is 4.79 Å². The van der Waals surface area contributed by atoms with Crippen LogP contribution >= 0.6 is 11.3 Å². The van der Waals surface area contributed by atoms with E-state index in [1.165, 1.54) is 16.0 Å². The van der Waals surface area contributed by atoms with E-state index >= 15 is 0 Å². The molecule has 0 radical (unpaired) electrons. The number of rotatable bonds is 6. The van der Waals surface area contributed by atoms with Crippen molar-refractivity contribution in [2.75, 3.05) is 13.6 Å². The number of thiophene rings is 1. The summed E-state index contributed by atoms with van der Waals surface area (Å²) >= 11 is 1.78. The van der Waals surface area contributed by atoms with Gasteiger partial charge in [-0.15, -0.1) is 11.3 Å². The van der Waals surface area contributed by atoms with E-state index in [0.717, 1.165) is 12.0 Å². The first kappa shape index (κ1) is 15.9. The summed E-state index contributed by atoms with van der Waals surface area (Å²) in [5.41, 5.74) is 3.22. The van der Waals surface area contributed by atoms with Gasteiger partial charge in [0.2, 0.25) is 0 Å². The van der Waals surface area contributed by atoms with Gasteiger partial charge in [0.25, 0.3) is 0 Å². The Morgan fingerprint density at radius 2 is 2.00 bits per heavy atom. The van der Waals surface area contributed by atoms with Crippen molar-refractivity contribution in [3.8, 4) is 0 Å². The van der Waals surface area contributed by atoms with Crippen molar-refractivity contribution in [1.82, 2.24) is 4.90 Å². The summed E-state index contributed by atoms with van der Waals surface area (Å²) in [7, 11) is 2.03. The van der Waals surface area contributed by atoms with Crippen molar-refractivity contribution in [1.29, 1.82) is 0 Å². The molecule has 1 aromatic carbocycles. The largest absolute Gasteiger partial charge is 0.296 e. The minimum absolute atomic E-state index is 0.193. The molecule has 1 unspecified atom stereocenters. The molecule has 0 bridgehead atoms. The number of ketones is 1. The maximum Gasteiger partial charge on any atom is 0.176 e. The number of hydrogen-bond acceptors (Lipinski definition) is 3. The van der Waals surface area contributed by atoms with Gasteiger partial charge in [0.15, 0.2) is 5.78 Å². The summed E-state index contributed by atoms with van der Waals surface area (Å²) in [6.45, 7) is 6.76. The second-order valence-corrected chi connectivity index (χ2v) is 6.80. The van der Waals surface area contributed by atoms with Gasteiger partial charge < -0.3 is 0 Å². The van der Waals surface area contributed by atoms with Crippen molar-refractivity contribution in [2.24, 2.45) is 0 Å². The number of carbonyl (C=O) groups excluding carboxylic acids is 1. The van der Waals surface area contributed by atoms with Crippen LogP contribution in [0.1, 0.15) is 33.3 Å². The number of benzene rings is 1. The van der Waals surface area contributed by atoms with E-state index in [-0.39, 0.29) is 5.78 Å². The van der Waals surface area contributed by atoms with Gasteiger partial charge in [-0.25, -0.2) is 0 Å². The molecule has 1 atom stereocenters. The second-order valence-electron chi connectivity index (χ2n) is 5.77. The van der Waals surface area contributed by atoms with Crippen molar-refractivity contribution >= 4 is 17.1 Å². The minimum atomic E-state index is 0.193. The Morgan fingerprint density at radius 1 is 1.24 bits per heavy atom. The Bertz CT molecular complexity index is 604. The molecule has 0 aliphatic carbocycles. The predicted molar refractivity (Wildman–Crippen MR) is 90.4 cm³/mol. The third kappa shape index (κ3) is 4.26. The fraction of sp³-hybridized carbons (Fsp3) is 0.389. The molecule has 2 nitrogen and oxygen atoms in total. The quantitative estimate of drug-likeness (QED) is 0.748. The van der Waals surface area contributed by atoms with E-state index < -0.39 is 0 Å². The van der Waals surface area contributed by atoms with Gasteiger partial charge in [0.05, 0.1) is 6.54 Å². The lowest BCUT2D eigenvalue weighted by Gasteiger charge is -2.23. The zero-order chi connectivity index (χ0) is 15.4. The molecule has 112 valence electrons. The Labute approximate surface area is 131 Å². The van der Waals surface area contributed by atoms with Crippen LogP contribution in [0.2, 0.25) is 0 Å².